The van der Waals surface area contributed by atoms with Gasteiger partial charge in [0.25, 0.3) is 0 Å². The van der Waals surface area contributed by atoms with Crippen LogP contribution in [0.5, 0.6) is 5.75 Å². The lowest BCUT2D eigenvalue weighted by molar-refractivity contribution is 0.313. The molecule has 108 valence electrons. The first-order valence-electron chi connectivity index (χ1n) is 7.18. The fourth-order valence-corrected chi connectivity index (χ4v) is 2.87. The van der Waals surface area contributed by atoms with Crippen LogP contribution in [0, 0.1) is 0 Å². The third-order valence-corrected chi connectivity index (χ3v) is 3.93. The fourth-order valence-electron chi connectivity index (χ4n) is 2.87. The molecule has 2 aliphatic rings. The zero-order valence-corrected chi connectivity index (χ0v) is 11.7. The van der Waals surface area contributed by atoms with Crippen molar-refractivity contribution in [2.45, 2.75) is 13.0 Å². The lowest BCUT2D eigenvalue weighted by atomic mass is 10.1. The van der Waals surface area contributed by atoms with Crippen LogP contribution in [0.15, 0.2) is 24.3 Å². The van der Waals surface area contributed by atoms with Crippen molar-refractivity contribution in [3.63, 3.8) is 0 Å². The van der Waals surface area contributed by atoms with E-state index in [9.17, 15) is 0 Å². The van der Waals surface area contributed by atoms with Crippen molar-refractivity contribution in [3.8, 4) is 5.75 Å². The first kappa shape index (κ1) is 12.4. The number of nitrogen functional groups attached to an aromatic ring is 1. The molecular formula is C15H17N5O. The Kier molecular flexibility index (Phi) is 2.89. The molecule has 6 nitrogen and oxygen atoms in total. The van der Waals surface area contributed by atoms with Crippen molar-refractivity contribution in [3.05, 3.63) is 35.5 Å². The number of nitrogens with zero attached hydrogens (tertiary/aromatic N) is 3. The van der Waals surface area contributed by atoms with Crippen LogP contribution in [0.25, 0.3) is 0 Å². The maximum Gasteiger partial charge on any atom is 0.232 e. The molecule has 0 saturated heterocycles. The quantitative estimate of drug-likeness (QED) is 0.820. The molecule has 0 aliphatic carbocycles. The topological polar surface area (TPSA) is 76.3 Å². The van der Waals surface area contributed by atoms with E-state index in [1.807, 2.05) is 24.3 Å². The van der Waals surface area contributed by atoms with Gasteiger partial charge in [-0.3, -0.25) is 0 Å². The van der Waals surface area contributed by atoms with Gasteiger partial charge < -0.3 is 20.7 Å². The van der Waals surface area contributed by atoms with Gasteiger partial charge in [-0.25, -0.2) is 4.98 Å². The Morgan fingerprint density at radius 2 is 2.14 bits per heavy atom. The van der Waals surface area contributed by atoms with Crippen molar-refractivity contribution in [2.75, 3.05) is 30.3 Å². The number of para-hydroxylation sites is 2. The number of aromatic nitrogens is 2. The second-order valence-electron chi connectivity index (χ2n) is 5.23. The van der Waals surface area contributed by atoms with Crippen LogP contribution in [0.3, 0.4) is 0 Å². The van der Waals surface area contributed by atoms with Crippen molar-refractivity contribution < 1.29 is 4.74 Å². The molecule has 0 unspecified atom stereocenters. The molecular weight excluding hydrogens is 266 g/mol. The van der Waals surface area contributed by atoms with Gasteiger partial charge in [0.05, 0.1) is 17.9 Å². The Morgan fingerprint density at radius 1 is 1.24 bits per heavy atom. The maximum atomic E-state index is 6.13. The van der Waals surface area contributed by atoms with E-state index in [1.54, 1.807) is 0 Å². The summed E-state index contributed by atoms with van der Waals surface area (Å²) < 4.78 is 5.68. The van der Waals surface area contributed by atoms with Gasteiger partial charge in [0, 0.05) is 12.1 Å². The Bertz CT molecular complexity index is 688. The van der Waals surface area contributed by atoms with Crippen LogP contribution < -0.4 is 20.7 Å². The summed E-state index contributed by atoms with van der Waals surface area (Å²) >= 11 is 0. The van der Waals surface area contributed by atoms with Gasteiger partial charge in [-0.05, 0) is 25.1 Å². The van der Waals surface area contributed by atoms with Crippen LogP contribution in [-0.4, -0.2) is 29.7 Å². The molecule has 3 N–H and O–H groups in total. The Hall–Kier alpha value is -2.34. The van der Waals surface area contributed by atoms with Crippen LogP contribution >= 0.6 is 0 Å². The number of benzene rings is 1. The van der Waals surface area contributed by atoms with Crippen LogP contribution in [0.1, 0.15) is 11.3 Å². The van der Waals surface area contributed by atoms with E-state index in [1.165, 1.54) is 0 Å². The molecule has 3 heterocycles. The van der Waals surface area contributed by atoms with Crippen LogP contribution in [-0.2, 0) is 13.0 Å². The summed E-state index contributed by atoms with van der Waals surface area (Å²) in [6.45, 7) is 3.03. The largest absolute Gasteiger partial charge is 0.490 e. The van der Waals surface area contributed by atoms with Crippen molar-refractivity contribution in [1.82, 2.24) is 15.3 Å². The zero-order chi connectivity index (χ0) is 14.2. The third kappa shape index (κ3) is 2.08. The summed E-state index contributed by atoms with van der Waals surface area (Å²) in [5.41, 5.74) is 9.21. The maximum absolute atomic E-state index is 6.13. The minimum absolute atomic E-state index is 0.598. The SMILES string of the molecule is Nc1nc(N2CCOc3ccccc32)nc2c1CCNC2. The van der Waals surface area contributed by atoms with Gasteiger partial charge in [0.15, 0.2) is 0 Å². The molecule has 0 saturated carbocycles. The molecule has 0 bridgehead atoms. The van der Waals surface area contributed by atoms with Gasteiger partial charge in [0.1, 0.15) is 18.2 Å². The molecule has 0 spiro atoms. The summed E-state index contributed by atoms with van der Waals surface area (Å²) in [6, 6.07) is 7.94. The first-order valence-corrected chi connectivity index (χ1v) is 7.18. The lowest BCUT2D eigenvalue weighted by Crippen LogP contribution is -2.32. The summed E-state index contributed by atoms with van der Waals surface area (Å²) in [5, 5.41) is 3.33. The van der Waals surface area contributed by atoms with E-state index in [0.29, 0.717) is 18.4 Å². The molecule has 21 heavy (non-hydrogen) atoms. The zero-order valence-electron chi connectivity index (χ0n) is 11.7. The second kappa shape index (κ2) is 4.89. The van der Waals surface area contributed by atoms with Gasteiger partial charge >= 0.3 is 0 Å². The molecule has 1 aromatic heterocycles. The molecule has 2 aliphatic heterocycles. The Labute approximate surface area is 123 Å². The predicted octanol–water partition coefficient (Wildman–Crippen LogP) is 1.23. The number of hydrogen-bond acceptors (Lipinski definition) is 6. The predicted molar refractivity (Wildman–Crippen MR) is 80.8 cm³/mol. The standard InChI is InChI=1S/C15H17N5O/c16-14-10-5-6-17-9-11(10)18-15(19-14)20-7-8-21-13-4-2-1-3-12(13)20/h1-4,17H,5-9H2,(H2,16,18,19). The smallest absolute Gasteiger partial charge is 0.232 e. The molecule has 2 aromatic rings. The molecule has 0 atom stereocenters. The highest BCUT2D eigenvalue weighted by molar-refractivity contribution is 5.67. The minimum atomic E-state index is 0.598. The van der Waals surface area contributed by atoms with Crippen LogP contribution in [0.4, 0.5) is 17.5 Å². The highest BCUT2D eigenvalue weighted by atomic mass is 16.5. The van der Waals surface area contributed by atoms with E-state index >= 15 is 0 Å². The molecule has 1 aromatic carbocycles. The number of nitrogens with one attached hydrogen (secondary N) is 1. The van der Waals surface area contributed by atoms with Gasteiger partial charge in [0.2, 0.25) is 5.95 Å². The number of anilines is 3. The Balaban J connectivity index is 1.79. The van der Waals surface area contributed by atoms with Crippen LogP contribution in [0.2, 0.25) is 0 Å². The van der Waals surface area contributed by atoms with E-state index in [-0.39, 0.29) is 0 Å². The normalized spacial score (nSPS) is 16.9. The number of nitrogens with two attached hydrogens (primary N) is 1. The van der Waals surface area contributed by atoms with Crippen molar-refractivity contribution in [1.29, 1.82) is 0 Å². The summed E-state index contributed by atoms with van der Waals surface area (Å²) in [5.74, 6) is 2.12. The third-order valence-electron chi connectivity index (χ3n) is 3.93. The molecule has 4 rings (SSSR count). The molecule has 0 fully saturated rings. The number of rotatable bonds is 1. The fraction of sp³-hybridized carbons (Fsp3) is 0.333. The second-order valence-corrected chi connectivity index (χ2v) is 5.23. The van der Waals surface area contributed by atoms with Crippen molar-refractivity contribution >= 4 is 17.5 Å². The van der Waals surface area contributed by atoms with E-state index in [0.717, 1.165) is 48.7 Å². The highest BCUT2D eigenvalue weighted by Gasteiger charge is 2.24. The average Bonchev–Trinajstić information content (AvgIpc) is 2.54. The Morgan fingerprint density at radius 3 is 3.10 bits per heavy atom. The molecule has 6 heteroatoms. The van der Waals surface area contributed by atoms with Gasteiger partial charge in [-0.2, -0.15) is 4.98 Å². The number of fused-ring (bicyclic) bond motifs is 2. The average molecular weight is 283 g/mol. The summed E-state index contributed by atoms with van der Waals surface area (Å²) in [4.78, 5) is 11.3. The number of ether oxygens (including phenoxy) is 1. The molecule has 0 amide bonds. The van der Waals surface area contributed by atoms with E-state index in [4.69, 9.17) is 15.5 Å². The minimum Gasteiger partial charge on any atom is -0.490 e. The van der Waals surface area contributed by atoms with Gasteiger partial charge in [-0.15, -0.1) is 0 Å². The summed E-state index contributed by atoms with van der Waals surface area (Å²) in [7, 11) is 0. The van der Waals surface area contributed by atoms with Gasteiger partial charge in [-0.1, -0.05) is 12.1 Å². The van der Waals surface area contributed by atoms with E-state index in [2.05, 4.69) is 15.2 Å². The lowest BCUT2D eigenvalue weighted by Gasteiger charge is -2.30. The van der Waals surface area contributed by atoms with Crippen molar-refractivity contribution in [2.24, 2.45) is 0 Å². The highest BCUT2D eigenvalue weighted by Crippen LogP contribution is 2.35. The monoisotopic (exact) mass is 283 g/mol. The summed E-state index contributed by atoms with van der Waals surface area (Å²) in [6.07, 6.45) is 0.890. The van der Waals surface area contributed by atoms with E-state index < -0.39 is 0 Å². The first-order chi connectivity index (χ1) is 10.3. The number of hydrogen-bond donors (Lipinski definition) is 2. The molecule has 0 radical (unpaired) electrons.